The lowest BCUT2D eigenvalue weighted by molar-refractivity contribution is -0.141. The van der Waals surface area contributed by atoms with Gasteiger partial charge in [0.05, 0.1) is 23.9 Å². The molecule has 0 aliphatic rings. The van der Waals surface area contributed by atoms with Crippen LogP contribution in [0.5, 0.6) is 5.75 Å². The first-order valence-electron chi connectivity index (χ1n) is 8.30. The molecule has 0 spiro atoms. The number of methoxy groups -OCH3 is 1. The molecule has 146 valence electrons. The van der Waals surface area contributed by atoms with Gasteiger partial charge >= 0.3 is 5.97 Å². The summed E-state index contributed by atoms with van der Waals surface area (Å²) in [5, 5.41) is 0. The summed E-state index contributed by atoms with van der Waals surface area (Å²) in [5.74, 6) is -3.04. The van der Waals surface area contributed by atoms with Gasteiger partial charge in [-0.1, -0.05) is 17.4 Å². The Morgan fingerprint density at radius 1 is 1.18 bits per heavy atom. The van der Waals surface area contributed by atoms with Crippen molar-refractivity contribution in [2.24, 2.45) is 4.99 Å². The minimum atomic E-state index is -1.08. The first kappa shape index (κ1) is 19.7. The highest BCUT2D eigenvalue weighted by molar-refractivity contribution is 7.16. The number of amides is 1. The molecule has 0 fully saturated rings. The fourth-order valence-corrected chi connectivity index (χ4v) is 3.64. The molecule has 0 aliphatic carbocycles. The molecule has 0 radical (unpaired) electrons. The average Bonchev–Trinajstić information content (AvgIpc) is 2.98. The van der Waals surface area contributed by atoms with Gasteiger partial charge in [0.15, 0.2) is 4.80 Å². The summed E-state index contributed by atoms with van der Waals surface area (Å²) in [6, 6.07) is 8.29. The maximum Gasteiger partial charge on any atom is 0.325 e. The van der Waals surface area contributed by atoms with Crippen LogP contribution in [0.1, 0.15) is 17.3 Å². The van der Waals surface area contributed by atoms with Crippen molar-refractivity contribution >= 4 is 33.4 Å². The minimum absolute atomic E-state index is 0.113. The van der Waals surface area contributed by atoms with E-state index in [0.717, 1.165) is 29.5 Å². The van der Waals surface area contributed by atoms with Crippen molar-refractivity contribution in [1.29, 1.82) is 0 Å². The molecule has 0 saturated heterocycles. The molecule has 9 heteroatoms. The van der Waals surface area contributed by atoms with Gasteiger partial charge in [0.1, 0.15) is 29.5 Å². The Hall–Kier alpha value is -3.07. The summed E-state index contributed by atoms with van der Waals surface area (Å²) >= 11 is 1.09. The topological polar surface area (TPSA) is 69.9 Å². The van der Waals surface area contributed by atoms with Crippen molar-refractivity contribution in [1.82, 2.24) is 4.57 Å². The second-order valence-corrected chi connectivity index (χ2v) is 6.63. The van der Waals surface area contributed by atoms with E-state index in [1.54, 1.807) is 18.2 Å². The van der Waals surface area contributed by atoms with E-state index < -0.39 is 29.1 Å². The van der Waals surface area contributed by atoms with E-state index in [1.807, 2.05) is 6.92 Å². The number of carbonyl (C=O) groups is 2. The molecular weight excluding hydrogens is 390 g/mol. The maximum atomic E-state index is 13.9. The summed E-state index contributed by atoms with van der Waals surface area (Å²) in [4.78, 5) is 28.2. The van der Waals surface area contributed by atoms with Crippen LogP contribution in [0.4, 0.5) is 8.78 Å². The van der Waals surface area contributed by atoms with Gasteiger partial charge in [-0.15, -0.1) is 0 Å². The van der Waals surface area contributed by atoms with Gasteiger partial charge in [-0.05, 0) is 37.3 Å². The largest absolute Gasteiger partial charge is 0.494 e. The predicted octanol–water partition coefficient (Wildman–Crippen LogP) is 3.29. The van der Waals surface area contributed by atoms with Crippen molar-refractivity contribution in [2.75, 3.05) is 13.7 Å². The lowest BCUT2D eigenvalue weighted by Gasteiger charge is -2.05. The number of esters is 1. The summed E-state index contributed by atoms with van der Waals surface area (Å²) in [6.07, 6.45) is 0. The lowest BCUT2D eigenvalue weighted by atomic mass is 10.2. The normalized spacial score (nSPS) is 11.6. The highest BCUT2D eigenvalue weighted by Gasteiger charge is 2.18. The first-order valence-corrected chi connectivity index (χ1v) is 9.12. The molecule has 0 atom stereocenters. The van der Waals surface area contributed by atoms with E-state index in [2.05, 4.69) is 4.99 Å². The number of aromatic nitrogens is 1. The Morgan fingerprint density at radius 2 is 1.89 bits per heavy atom. The number of fused-ring (bicyclic) bond motifs is 1. The Labute approximate surface area is 162 Å². The zero-order valence-corrected chi connectivity index (χ0v) is 15.9. The molecule has 2 aromatic carbocycles. The van der Waals surface area contributed by atoms with Crippen molar-refractivity contribution in [3.63, 3.8) is 0 Å². The Kier molecular flexibility index (Phi) is 5.84. The zero-order chi connectivity index (χ0) is 20.3. The van der Waals surface area contributed by atoms with Crippen LogP contribution in [0.25, 0.3) is 10.2 Å². The van der Waals surface area contributed by atoms with Gasteiger partial charge in [-0.3, -0.25) is 9.59 Å². The molecule has 0 aliphatic heterocycles. The van der Waals surface area contributed by atoms with E-state index in [9.17, 15) is 18.4 Å². The van der Waals surface area contributed by atoms with Crippen LogP contribution in [-0.4, -0.2) is 30.2 Å². The number of hydrogen-bond acceptors (Lipinski definition) is 5. The van der Waals surface area contributed by atoms with Gasteiger partial charge in [0.25, 0.3) is 5.91 Å². The van der Waals surface area contributed by atoms with Gasteiger partial charge in [-0.25, -0.2) is 8.78 Å². The van der Waals surface area contributed by atoms with Crippen LogP contribution in [0.15, 0.2) is 41.4 Å². The van der Waals surface area contributed by atoms with E-state index in [1.165, 1.54) is 11.7 Å². The number of halogens is 2. The number of hydrogen-bond donors (Lipinski definition) is 0. The van der Waals surface area contributed by atoms with Crippen LogP contribution in [-0.2, 0) is 16.1 Å². The zero-order valence-electron chi connectivity index (χ0n) is 15.1. The highest BCUT2D eigenvalue weighted by atomic mass is 32.1. The third-order valence-electron chi connectivity index (χ3n) is 3.85. The monoisotopic (exact) mass is 406 g/mol. The maximum absolute atomic E-state index is 13.9. The van der Waals surface area contributed by atoms with Gasteiger partial charge < -0.3 is 14.0 Å². The van der Waals surface area contributed by atoms with Crippen LogP contribution in [0.2, 0.25) is 0 Å². The van der Waals surface area contributed by atoms with Crippen molar-refractivity contribution in [3.8, 4) is 5.75 Å². The molecule has 0 unspecified atom stereocenters. The van der Waals surface area contributed by atoms with E-state index in [4.69, 9.17) is 9.47 Å². The van der Waals surface area contributed by atoms with Gasteiger partial charge in [0, 0.05) is 0 Å². The molecule has 1 heterocycles. The van der Waals surface area contributed by atoms with Gasteiger partial charge in [-0.2, -0.15) is 4.99 Å². The second kappa shape index (κ2) is 8.30. The smallest absolute Gasteiger partial charge is 0.325 e. The second-order valence-electron chi connectivity index (χ2n) is 5.62. The van der Waals surface area contributed by atoms with Crippen LogP contribution >= 0.6 is 11.3 Å². The van der Waals surface area contributed by atoms with Crippen molar-refractivity contribution < 1.29 is 27.8 Å². The summed E-state index contributed by atoms with van der Waals surface area (Å²) < 4.78 is 40.1. The third-order valence-corrected chi connectivity index (χ3v) is 4.90. The molecule has 6 nitrogen and oxygen atoms in total. The number of nitrogens with zero attached hydrogens (tertiary/aromatic N) is 2. The predicted molar refractivity (Wildman–Crippen MR) is 99.3 cm³/mol. The molecule has 3 aromatic rings. The molecule has 0 saturated carbocycles. The highest BCUT2D eigenvalue weighted by Crippen LogP contribution is 2.24. The third kappa shape index (κ3) is 3.94. The number of benzene rings is 2. The number of ether oxygens (including phenoxy) is 2. The summed E-state index contributed by atoms with van der Waals surface area (Å²) in [6.45, 7) is 2.11. The molecule has 1 aromatic heterocycles. The Morgan fingerprint density at radius 3 is 2.54 bits per heavy atom. The Balaban J connectivity index is 2.17. The lowest BCUT2D eigenvalue weighted by Crippen LogP contribution is -2.22. The van der Waals surface area contributed by atoms with E-state index in [0.29, 0.717) is 22.6 Å². The standard InChI is InChI=1S/C19H16F2N2O4S/c1-3-27-11-7-8-14-15(9-11)28-19(23(14)10-16(24)26-2)22-18(25)17-12(20)5-4-6-13(17)21/h4-9H,3,10H2,1-2H3. The summed E-state index contributed by atoms with van der Waals surface area (Å²) in [7, 11) is 1.24. The Bertz CT molecular complexity index is 1100. The van der Waals surface area contributed by atoms with Crippen LogP contribution in [0.3, 0.4) is 0 Å². The summed E-state index contributed by atoms with van der Waals surface area (Å²) in [5.41, 5.74) is -0.140. The first-order chi connectivity index (χ1) is 13.4. The fraction of sp³-hybridized carbons (Fsp3) is 0.211. The minimum Gasteiger partial charge on any atom is -0.494 e. The molecule has 1 amide bonds. The molecule has 3 rings (SSSR count). The van der Waals surface area contributed by atoms with Crippen molar-refractivity contribution in [3.05, 3.63) is 58.4 Å². The average molecular weight is 406 g/mol. The molecule has 28 heavy (non-hydrogen) atoms. The van der Waals surface area contributed by atoms with E-state index in [-0.39, 0.29) is 11.3 Å². The fourth-order valence-electron chi connectivity index (χ4n) is 2.59. The molecule has 0 N–H and O–H groups in total. The molecule has 0 bridgehead atoms. The quantitative estimate of drug-likeness (QED) is 0.610. The van der Waals surface area contributed by atoms with Crippen LogP contribution < -0.4 is 9.54 Å². The van der Waals surface area contributed by atoms with Gasteiger partial charge in [0.2, 0.25) is 0 Å². The molecular formula is C19H16F2N2O4S. The van der Waals surface area contributed by atoms with Crippen molar-refractivity contribution in [2.45, 2.75) is 13.5 Å². The SMILES string of the molecule is CCOc1ccc2c(c1)sc(=NC(=O)c1c(F)cccc1F)n2CC(=O)OC. The van der Waals surface area contributed by atoms with Crippen LogP contribution in [0, 0.1) is 11.6 Å². The number of carbonyl (C=O) groups excluding carboxylic acids is 2. The number of rotatable bonds is 5. The van der Waals surface area contributed by atoms with E-state index >= 15 is 0 Å². The number of thiazole rings is 1.